The van der Waals surface area contributed by atoms with Crippen molar-refractivity contribution in [3.05, 3.63) is 33.4 Å². The summed E-state index contributed by atoms with van der Waals surface area (Å²) in [5.74, 6) is 0. The Morgan fingerprint density at radius 3 is 0.842 bits per heavy atom. The van der Waals surface area contributed by atoms with Crippen LogP contribution in [0.2, 0.25) is 26.2 Å². The lowest BCUT2D eigenvalue weighted by Crippen LogP contribution is -2.36. The maximum absolute atomic E-state index is 7.05. The van der Waals surface area contributed by atoms with Gasteiger partial charge in [0.15, 0.2) is 0 Å². The van der Waals surface area contributed by atoms with E-state index in [1.54, 1.807) is 0 Å². The lowest BCUT2D eigenvalue weighted by Gasteiger charge is -2.40. The van der Waals surface area contributed by atoms with E-state index in [1.807, 2.05) is 26.2 Å². The van der Waals surface area contributed by atoms with E-state index < -0.39 is 26.8 Å². The van der Waals surface area contributed by atoms with E-state index in [-0.39, 0.29) is 22.2 Å². The van der Waals surface area contributed by atoms with Crippen LogP contribution in [0.25, 0.3) is 0 Å². The first-order valence-corrected chi connectivity index (χ1v) is 32.2. The van der Waals surface area contributed by atoms with E-state index in [0.29, 0.717) is 0 Å². The fourth-order valence-electron chi connectivity index (χ4n) is 5.15. The molecular formula is C26H46Cl8Si4. The zero-order chi connectivity index (χ0) is 30.0. The van der Waals surface area contributed by atoms with Gasteiger partial charge in [-0.15, -0.1) is 88.6 Å². The lowest BCUT2D eigenvalue weighted by molar-refractivity contribution is 0.727. The quantitative estimate of drug-likeness (QED) is 0.131. The van der Waals surface area contributed by atoms with Gasteiger partial charge in [0.05, 0.1) is 0 Å². The summed E-state index contributed by atoms with van der Waals surface area (Å²) in [5.41, 5.74) is 7.19. The van der Waals surface area contributed by atoms with Gasteiger partial charge in [0.2, 0.25) is 0 Å². The Morgan fingerprint density at radius 1 is 0.447 bits per heavy atom. The monoisotopic (exact) mass is 750 g/mol. The summed E-state index contributed by atoms with van der Waals surface area (Å²) in [7, 11) is 0. The first-order valence-electron chi connectivity index (χ1n) is 13.8. The van der Waals surface area contributed by atoms with Crippen LogP contribution in [0.5, 0.6) is 0 Å². The number of hydrogen-bond acceptors (Lipinski definition) is 0. The topological polar surface area (TPSA) is 0 Å². The molecule has 0 N–H and O–H groups in total. The van der Waals surface area contributed by atoms with Gasteiger partial charge in [-0.25, -0.2) is 0 Å². The largest absolute Gasteiger partial charge is 0.255 e. The van der Waals surface area contributed by atoms with Crippen molar-refractivity contribution in [1.29, 1.82) is 0 Å². The lowest BCUT2D eigenvalue weighted by atomic mass is 9.79. The highest BCUT2D eigenvalue weighted by Gasteiger charge is 2.46. The predicted octanol–water partition coefficient (Wildman–Crippen LogP) is 13.1. The Kier molecular flexibility index (Phi) is 15.1. The van der Waals surface area contributed by atoms with E-state index in [4.69, 9.17) is 88.6 Å². The molecule has 0 aliphatic carbocycles. The van der Waals surface area contributed by atoms with Gasteiger partial charge in [0.1, 0.15) is 0 Å². The van der Waals surface area contributed by atoms with Crippen LogP contribution in [0, 0.1) is 0 Å². The minimum absolute atomic E-state index is 0.0373. The number of rotatable bonds is 14. The van der Waals surface area contributed by atoms with Gasteiger partial charge in [-0.2, -0.15) is 0 Å². The SMILES string of the molecule is CCCCc1c(CCCC)c(C(C)[Si](C)(Cl)Cl)c(C(C)[Si](C)(Cl)Cl)c(C(C)[Si](C)(Cl)Cl)c1C(C)[Si](C)(Cl)Cl. The van der Waals surface area contributed by atoms with Crippen LogP contribution in [-0.4, -0.2) is 26.8 Å². The summed E-state index contributed by atoms with van der Waals surface area (Å²) < 4.78 is 0. The number of unbranched alkanes of at least 4 members (excludes halogenated alkanes) is 2. The van der Waals surface area contributed by atoms with E-state index in [1.165, 1.54) is 22.3 Å². The Balaban J connectivity index is 4.71. The summed E-state index contributed by atoms with van der Waals surface area (Å²) in [6.07, 6.45) is 6.14. The van der Waals surface area contributed by atoms with Gasteiger partial charge in [-0.1, -0.05) is 54.4 Å². The maximum atomic E-state index is 7.05. The Bertz CT molecular complexity index is 855. The molecule has 4 unspecified atom stereocenters. The van der Waals surface area contributed by atoms with Crippen molar-refractivity contribution in [2.24, 2.45) is 0 Å². The van der Waals surface area contributed by atoms with Gasteiger partial charge in [0, 0.05) is 22.2 Å². The van der Waals surface area contributed by atoms with Gasteiger partial charge in [0.25, 0.3) is 26.8 Å². The second-order valence-corrected chi connectivity index (χ2v) is 43.8. The van der Waals surface area contributed by atoms with Crippen LogP contribution in [-0.2, 0) is 12.8 Å². The van der Waals surface area contributed by atoms with Gasteiger partial charge >= 0.3 is 0 Å². The highest BCUT2D eigenvalue weighted by atomic mass is 35.7. The Labute approximate surface area is 274 Å². The standard InChI is InChI=1S/C26H46Cl8Si4/c1-11-13-15-21-22(16-14-12-2)24(18(4)36(8,29)30)26(20(6)38(10,33)34)25(19(5)37(9,31)32)23(21)17(3)35(7,27)28/h17-20H,11-16H2,1-10H3. The molecule has 0 aliphatic rings. The molecular weight excluding hydrogens is 708 g/mol. The van der Waals surface area contributed by atoms with E-state index >= 15 is 0 Å². The van der Waals surface area contributed by atoms with E-state index in [2.05, 4.69) is 41.5 Å². The minimum atomic E-state index is -2.73. The molecule has 0 nitrogen and oxygen atoms in total. The fraction of sp³-hybridized carbons (Fsp3) is 0.769. The highest BCUT2D eigenvalue weighted by molar-refractivity contribution is 7.46. The maximum Gasteiger partial charge on any atom is 0.255 e. The smallest absolute Gasteiger partial charge is 0.145 e. The van der Waals surface area contributed by atoms with Crippen LogP contribution < -0.4 is 0 Å². The van der Waals surface area contributed by atoms with E-state index in [0.717, 1.165) is 49.7 Å². The van der Waals surface area contributed by atoms with Crippen molar-refractivity contribution in [3.63, 3.8) is 0 Å². The Morgan fingerprint density at radius 2 is 0.658 bits per heavy atom. The third kappa shape index (κ3) is 9.71. The number of halogens is 8. The van der Waals surface area contributed by atoms with Crippen molar-refractivity contribution < 1.29 is 0 Å². The third-order valence-corrected chi connectivity index (χ3v) is 23.3. The summed E-state index contributed by atoms with van der Waals surface area (Å²) in [6.45, 7) is 10.3. The molecule has 0 saturated heterocycles. The molecule has 1 aromatic rings. The van der Waals surface area contributed by atoms with Crippen LogP contribution in [0.3, 0.4) is 0 Å². The minimum Gasteiger partial charge on any atom is -0.145 e. The first kappa shape index (κ1) is 38.4. The molecule has 0 spiro atoms. The molecule has 0 saturated carbocycles. The highest BCUT2D eigenvalue weighted by Crippen LogP contribution is 2.53. The molecule has 0 heterocycles. The van der Waals surface area contributed by atoms with Gasteiger partial charge in [-0.05, 0) is 85.3 Å². The van der Waals surface area contributed by atoms with Crippen molar-refractivity contribution in [2.45, 2.75) is 128 Å². The normalized spacial score (nSPS) is 16.9. The van der Waals surface area contributed by atoms with Crippen molar-refractivity contribution in [3.8, 4) is 0 Å². The third-order valence-electron chi connectivity index (χ3n) is 8.22. The predicted molar refractivity (Wildman–Crippen MR) is 191 cm³/mol. The van der Waals surface area contributed by atoms with Crippen LogP contribution >= 0.6 is 88.6 Å². The van der Waals surface area contributed by atoms with Crippen molar-refractivity contribution in [2.75, 3.05) is 0 Å². The second-order valence-electron chi connectivity index (χ2n) is 11.5. The van der Waals surface area contributed by atoms with Crippen LogP contribution in [0.1, 0.15) is 123 Å². The van der Waals surface area contributed by atoms with E-state index in [9.17, 15) is 0 Å². The second kappa shape index (κ2) is 14.9. The summed E-state index contributed by atoms with van der Waals surface area (Å²) in [5, 5.41) is 0. The summed E-state index contributed by atoms with van der Waals surface area (Å²) in [6, 6.07) is 0. The van der Waals surface area contributed by atoms with Crippen molar-refractivity contribution >= 4 is 115 Å². The molecule has 0 fully saturated rings. The molecule has 1 aromatic carbocycles. The first-order chi connectivity index (χ1) is 17.0. The molecule has 0 bridgehead atoms. The fourth-order valence-corrected chi connectivity index (χ4v) is 11.1. The molecule has 4 atom stereocenters. The summed E-state index contributed by atoms with van der Waals surface area (Å²) >= 11 is 56.4. The molecule has 0 radical (unpaired) electrons. The molecule has 0 amide bonds. The zero-order valence-electron chi connectivity index (χ0n) is 24.6. The number of hydrogen-bond donors (Lipinski definition) is 0. The number of benzene rings is 1. The molecule has 38 heavy (non-hydrogen) atoms. The molecule has 1 rings (SSSR count). The molecule has 222 valence electrons. The zero-order valence-corrected chi connectivity index (χ0v) is 34.6. The van der Waals surface area contributed by atoms with Gasteiger partial charge in [-0.3, -0.25) is 0 Å². The average molecular weight is 755 g/mol. The Hall–Kier alpha value is 2.41. The van der Waals surface area contributed by atoms with Crippen LogP contribution in [0.15, 0.2) is 0 Å². The molecule has 12 heteroatoms. The average Bonchev–Trinajstić information content (AvgIpc) is 2.75. The van der Waals surface area contributed by atoms with Crippen LogP contribution in [0.4, 0.5) is 0 Å². The van der Waals surface area contributed by atoms with Gasteiger partial charge < -0.3 is 0 Å². The summed E-state index contributed by atoms with van der Waals surface area (Å²) in [4.78, 5) is 0. The molecule has 0 aromatic heterocycles. The molecule has 0 aliphatic heterocycles. The van der Waals surface area contributed by atoms with Crippen molar-refractivity contribution in [1.82, 2.24) is 0 Å².